The molecule has 1 rings (SSSR count). The number of aliphatic hydroxyl groups excluding tert-OH is 3. The van der Waals surface area contributed by atoms with Gasteiger partial charge in [0.15, 0.2) is 0 Å². The van der Waals surface area contributed by atoms with Gasteiger partial charge in [-0.3, -0.25) is 0 Å². The van der Waals surface area contributed by atoms with Crippen molar-refractivity contribution in [2.45, 2.75) is 89.1 Å². The van der Waals surface area contributed by atoms with Gasteiger partial charge in [-0.15, -0.1) is 0 Å². The molecule has 0 aliphatic carbocycles. The average molecular weight is 318 g/mol. The summed E-state index contributed by atoms with van der Waals surface area (Å²) in [7, 11) is 0. The summed E-state index contributed by atoms with van der Waals surface area (Å²) in [4.78, 5) is 0. The van der Waals surface area contributed by atoms with Gasteiger partial charge in [-0.05, 0) is 6.42 Å². The fourth-order valence-electron chi connectivity index (χ4n) is 2.89. The van der Waals surface area contributed by atoms with Crippen LogP contribution in [0.5, 0.6) is 0 Å². The van der Waals surface area contributed by atoms with Crippen LogP contribution < -0.4 is 0 Å². The van der Waals surface area contributed by atoms with Gasteiger partial charge in [0, 0.05) is 6.61 Å². The Morgan fingerprint density at radius 3 is 2.23 bits per heavy atom. The van der Waals surface area contributed by atoms with Gasteiger partial charge in [0.1, 0.15) is 24.4 Å². The summed E-state index contributed by atoms with van der Waals surface area (Å²) in [5.74, 6) is 0. The van der Waals surface area contributed by atoms with Crippen LogP contribution in [0, 0.1) is 0 Å². The second kappa shape index (κ2) is 12.3. The van der Waals surface area contributed by atoms with Crippen molar-refractivity contribution >= 4 is 0 Å². The minimum absolute atomic E-state index is 0.157. The Hall–Kier alpha value is -0.200. The largest absolute Gasteiger partial charge is 0.394 e. The molecule has 0 saturated carbocycles. The van der Waals surface area contributed by atoms with Crippen molar-refractivity contribution in [2.24, 2.45) is 0 Å². The Kier molecular flexibility index (Phi) is 11.1. The molecule has 3 N–H and O–H groups in total. The van der Waals surface area contributed by atoms with Crippen molar-refractivity contribution in [3.8, 4) is 0 Å². The summed E-state index contributed by atoms with van der Waals surface area (Å²) in [6, 6.07) is 0. The second-order valence-electron chi connectivity index (χ2n) is 6.28. The van der Waals surface area contributed by atoms with E-state index < -0.39 is 24.4 Å². The molecule has 0 aromatic heterocycles. The van der Waals surface area contributed by atoms with E-state index in [1.54, 1.807) is 0 Å². The molecular formula is C17H34O5. The Balaban J connectivity index is 2.01. The smallest absolute Gasteiger partial charge is 0.114 e. The Morgan fingerprint density at radius 1 is 1.05 bits per heavy atom. The number of unbranched alkanes of at least 4 members (excludes halogenated alkanes) is 8. The maximum absolute atomic E-state index is 9.80. The number of hydrogen-bond donors (Lipinski definition) is 3. The van der Waals surface area contributed by atoms with Crippen molar-refractivity contribution in [2.75, 3.05) is 19.8 Å². The van der Waals surface area contributed by atoms with E-state index in [1.807, 2.05) is 0 Å². The quantitative estimate of drug-likeness (QED) is 0.453. The molecule has 1 heterocycles. The third kappa shape index (κ3) is 7.38. The normalized spacial score (nSPS) is 26.5. The van der Waals surface area contributed by atoms with E-state index in [0.717, 1.165) is 12.8 Å². The first-order chi connectivity index (χ1) is 10.7. The van der Waals surface area contributed by atoms with Crippen molar-refractivity contribution in [3.63, 3.8) is 0 Å². The molecule has 0 spiro atoms. The van der Waals surface area contributed by atoms with E-state index in [4.69, 9.17) is 14.6 Å². The van der Waals surface area contributed by atoms with Gasteiger partial charge in [0.2, 0.25) is 0 Å². The van der Waals surface area contributed by atoms with Gasteiger partial charge < -0.3 is 24.8 Å². The molecule has 4 atom stereocenters. The van der Waals surface area contributed by atoms with Crippen LogP contribution in [-0.4, -0.2) is 59.6 Å². The summed E-state index contributed by atoms with van der Waals surface area (Å²) in [6.45, 7) is 2.57. The molecule has 1 saturated heterocycles. The van der Waals surface area contributed by atoms with Crippen LogP contribution in [0.25, 0.3) is 0 Å². The van der Waals surface area contributed by atoms with Crippen LogP contribution in [0.1, 0.15) is 64.7 Å². The minimum atomic E-state index is -0.995. The summed E-state index contributed by atoms with van der Waals surface area (Å²) in [6.07, 6.45) is 8.38. The lowest BCUT2D eigenvalue weighted by Crippen LogP contribution is -2.42. The molecule has 1 fully saturated rings. The predicted molar refractivity (Wildman–Crippen MR) is 85.8 cm³/mol. The zero-order valence-corrected chi connectivity index (χ0v) is 14.0. The maximum Gasteiger partial charge on any atom is 0.114 e. The number of hydrogen-bond acceptors (Lipinski definition) is 5. The number of rotatable bonds is 13. The third-order valence-electron chi connectivity index (χ3n) is 4.29. The molecule has 1 aliphatic rings. The lowest BCUT2D eigenvalue weighted by Gasteiger charge is -2.23. The summed E-state index contributed by atoms with van der Waals surface area (Å²) < 4.78 is 11.0. The molecule has 0 aromatic carbocycles. The van der Waals surface area contributed by atoms with Crippen molar-refractivity contribution in [1.82, 2.24) is 0 Å². The first kappa shape index (κ1) is 19.8. The van der Waals surface area contributed by atoms with Gasteiger partial charge in [0.05, 0.1) is 13.2 Å². The highest BCUT2D eigenvalue weighted by Gasteiger charge is 2.40. The molecule has 5 heteroatoms. The molecule has 1 aliphatic heterocycles. The predicted octanol–water partition coefficient (Wildman–Crippen LogP) is 2.02. The van der Waals surface area contributed by atoms with Crippen LogP contribution >= 0.6 is 0 Å². The van der Waals surface area contributed by atoms with Gasteiger partial charge >= 0.3 is 0 Å². The molecule has 132 valence electrons. The molecule has 0 unspecified atom stereocenters. The summed E-state index contributed by atoms with van der Waals surface area (Å²) >= 11 is 0. The van der Waals surface area contributed by atoms with Gasteiger partial charge in [-0.25, -0.2) is 0 Å². The molecule has 0 bridgehead atoms. The topological polar surface area (TPSA) is 79.2 Å². The van der Waals surface area contributed by atoms with Gasteiger partial charge in [-0.2, -0.15) is 0 Å². The summed E-state index contributed by atoms with van der Waals surface area (Å²) in [5, 5.41) is 28.4. The minimum Gasteiger partial charge on any atom is -0.394 e. The van der Waals surface area contributed by atoms with Gasteiger partial charge in [-0.1, -0.05) is 58.3 Å². The Bertz CT molecular complexity index is 261. The standard InChI is InChI=1S/C17H34O5/c1-2-3-4-5-6-7-8-9-10-11-21-17-15(20)13-22-16(17)14(19)12-18/h14-20H,2-13H2,1H3/t14-,15+,16-,17-/m0/s1. The number of aliphatic hydroxyl groups is 3. The highest BCUT2D eigenvalue weighted by molar-refractivity contribution is 4.89. The number of ether oxygens (including phenoxy) is 2. The van der Waals surface area contributed by atoms with Crippen LogP contribution in [0.3, 0.4) is 0 Å². The van der Waals surface area contributed by atoms with Crippen LogP contribution in [0.15, 0.2) is 0 Å². The monoisotopic (exact) mass is 318 g/mol. The zero-order chi connectivity index (χ0) is 16.2. The molecule has 0 aromatic rings. The molecule has 0 radical (unpaired) electrons. The average Bonchev–Trinajstić information content (AvgIpc) is 2.89. The maximum atomic E-state index is 9.80. The first-order valence-electron chi connectivity index (χ1n) is 8.90. The molecule has 5 nitrogen and oxygen atoms in total. The fraction of sp³-hybridized carbons (Fsp3) is 1.00. The molecular weight excluding hydrogens is 284 g/mol. The van der Waals surface area contributed by atoms with E-state index in [2.05, 4.69) is 6.92 Å². The van der Waals surface area contributed by atoms with E-state index in [9.17, 15) is 10.2 Å². The highest BCUT2D eigenvalue weighted by Crippen LogP contribution is 2.21. The third-order valence-corrected chi connectivity index (χ3v) is 4.29. The molecule has 0 amide bonds. The van der Waals surface area contributed by atoms with E-state index in [1.165, 1.54) is 44.9 Å². The van der Waals surface area contributed by atoms with E-state index in [0.29, 0.717) is 6.61 Å². The highest BCUT2D eigenvalue weighted by atomic mass is 16.6. The van der Waals surface area contributed by atoms with Crippen molar-refractivity contribution in [3.05, 3.63) is 0 Å². The lowest BCUT2D eigenvalue weighted by atomic mass is 10.1. The zero-order valence-electron chi connectivity index (χ0n) is 14.0. The molecule has 22 heavy (non-hydrogen) atoms. The first-order valence-corrected chi connectivity index (χ1v) is 8.90. The van der Waals surface area contributed by atoms with Crippen LogP contribution in [0.2, 0.25) is 0 Å². The van der Waals surface area contributed by atoms with Crippen LogP contribution in [0.4, 0.5) is 0 Å². The Labute approximate surface area is 134 Å². The van der Waals surface area contributed by atoms with E-state index in [-0.39, 0.29) is 13.2 Å². The summed E-state index contributed by atoms with van der Waals surface area (Å²) in [5.41, 5.74) is 0. The van der Waals surface area contributed by atoms with Crippen molar-refractivity contribution < 1.29 is 24.8 Å². The van der Waals surface area contributed by atoms with E-state index >= 15 is 0 Å². The fourth-order valence-corrected chi connectivity index (χ4v) is 2.89. The van der Waals surface area contributed by atoms with Crippen LogP contribution in [-0.2, 0) is 9.47 Å². The second-order valence-corrected chi connectivity index (χ2v) is 6.28. The SMILES string of the molecule is CCCCCCCCCCCO[C@@H]1[C@H]([C@@H](O)CO)OC[C@H]1O. The van der Waals surface area contributed by atoms with Crippen molar-refractivity contribution in [1.29, 1.82) is 0 Å². The van der Waals surface area contributed by atoms with Gasteiger partial charge in [0.25, 0.3) is 0 Å². The lowest BCUT2D eigenvalue weighted by molar-refractivity contribution is -0.0938. The Morgan fingerprint density at radius 2 is 1.64 bits per heavy atom.